The van der Waals surface area contributed by atoms with E-state index >= 15 is 0 Å². The molecule has 2 atom stereocenters. The third-order valence-electron chi connectivity index (χ3n) is 3.86. The van der Waals surface area contributed by atoms with Gasteiger partial charge in [0.1, 0.15) is 11.3 Å². The molecule has 0 aliphatic heterocycles. The molecule has 3 nitrogen and oxygen atoms in total. The van der Waals surface area contributed by atoms with Gasteiger partial charge in [-0.2, -0.15) is 0 Å². The highest BCUT2D eigenvalue weighted by Crippen LogP contribution is 2.35. The van der Waals surface area contributed by atoms with Gasteiger partial charge in [0.15, 0.2) is 0 Å². The molecule has 0 spiro atoms. The normalized spacial score (nSPS) is 16.2. The van der Waals surface area contributed by atoms with Gasteiger partial charge >= 0.3 is 0 Å². The fraction of sp³-hybridized carbons (Fsp3) is 0.500. The van der Waals surface area contributed by atoms with Gasteiger partial charge in [0, 0.05) is 17.0 Å². The van der Waals surface area contributed by atoms with Crippen LogP contribution in [0.3, 0.4) is 0 Å². The molecule has 2 rings (SSSR count). The number of furan rings is 1. The van der Waals surface area contributed by atoms with Gasteiger partial charge in [0.25, 0.3) is 0 Å². The van der Waals surface area contributed by atoms with E-state index in [0.29, 0.717) is 11.6 Å². The van der Waals surface area contributed by atoms with Crippen molar-refractivity contribution >= 4 is 22.6 Å². The first kappa shape index (κ1) is 15.4. The smallest absolute Gasteiger partial charge is 0.134 e. The van der Waals surface area contributed by atoms with Crippen LogP contribution < -0.4 is 5.32 Å². The Hall–Kier alpha value is -1.03. The van der Waals surface area contributed by atoms with Crippen LogP contribution in [-0.2, 0) is 4.74 Å². The van der Waals surface area contributed by atoms with Gasteiger partial charge in [-0.1, -0.05) is 18.5 Å². The number of likely N-dealkylation sites (N-methyl/N-ethyl adjacent to an activating group) is 1. The van der Waals surface area contributed by atoms with E-state index in [-0.39, 0.29) is 11.6 Å². The van der Waals surface area contributed by atoms with E-state index in [9.17, 15) is 0 Å². The average molecular weight is 296 g/mol. The molecule has 2 aromatic rings. The van der Waals surface area contributed by atoms with Gasteiger partial charge in [-0.25, -0.2) is 0 Å². The Morgan fingerprint density at radius 2 is 2.10 bits per heavy atom. The first-order chi connectivity index (χ1) is 9.54. The second-order valence-corrected chi connectivity index (χ2v) is 5.59. The zero-order chi connectivity index (χ0) is 14.8. The highest BCUT2D eigenvalue weighted by molar-refractivity contribution is 6.31. The largest absolute Gasteiger partial charge is 0.459 e. The van der Waals surface area contributed by atoms with E-state index in [0.717, 1.165) is 23.2 Å². The zero-order valence-corrected chi connectivity index (χ0v) is 13.3. The fourth-order valence-electron chi connectivity index (χ4n) is 2.64. The summed E-state index contributed by atoms with van der Waals surface area (Å²) in [5.41, 5.74) is 0.542. The summed E-state index contributed by atoms with van der Waals surface area (Å²) < 4.78 is 11.9. The van der Waals surface area contributed by atoms with Crippen LogP contribution in [0.15, 0.2) is 28.7 Å². The maximum atomic E-state index is 6.03. The molecule has 1 N–H and O–H groups in total. The molecule has 0 amide bonds. The standard InChI is InChI=1S/C16H22ClNO2/c1-5-16(3,19-6-2)15(18-4)14-10-11-9-12(17)7-8-13(11)20-14/h7-10,15,18H,5-6H2,1-4H3. The van der Waals surface area contributed by atoms with Crippen molar-refractivity contribution in [2.24, 2.45) is 0 Å². The minimum absolute atomic E-state index is 0.00127. The van der Waals surface area contributed by atoms with Crippen molar-refractivity contribution in [3.63, 3.8) is 0 Å². The molecule has 1 aromatic carbocycles. The van der Waals surface area contributed by atoms with E-state index in [1.807, 2.05) is 38.2 Å². The first-order valence-corrected chi connectivity index (χ1v) is 7.42. The first-order valence-electron chi connectivity index (χ1n) is 7.04. The molecule has 0 fully saturated rings. The summed E-state index contributed by atoms with van der Waals surface area (Å²) in [6.45, 7) is 6.92. The SMILES string of the molecule is CCOC(C)(CC)C(NC)c1cc2cc(Cl)ccc2o1. The van der Waals surface area contributed by atoms with Crippen molar-refractivity contribution in [1.82, 2.24) is 5.32 Å². The molecule has 1 aromatic heterocycles. The number of hydrogen-bond acceptors (Lipinski definition) is 3. The summed E-state index contributed by atoms with van der Waals surface area (Å²) in [6.07, 6.45) is 0.893. The van der Waals surface area contributed by atoms with Crippen LogP contribution in [0.4, 0.5) is 0 Å². The molecule has 0 aliphatic rings. The summed E-state index contributed by atoms with van der Waals surface area (Å²) >= 11 is 6.03. The average Bonchev–Trinajstić information content (AvgIpc) is 2.82. The van der Waals surface area contributed by atoms with Crippen molar-refractivity contribution in [2.45, 2.75) is 38.8 Å². The highest BCUT2D eigenvalue weighted by atomic mass is 35.5. The summed E-state index contributed by atoms with van der Waals surface area (Å²) in [5.74, 6) is 0.877. The van der Waals surface area contributed by atoms with Crippen molar-refractivity contribution in [2.75, 3.05) is 13.7 Å². The van der Waals surface area contributed by atoms with Crippen LogP contribution in [-0.4, -0.2) is 19.3 Å². The molecule has 0 radical (unpaired) electrons. The summed E-state index contributed by atoms with van der Waals surface area (Å²) in [7, 11) is 1.93. The zero-order valence-electron chi connectivity index (χ0n) is 12.5. The van der Waals surface area contributed by atoms with E-state index in [4.69, 9.17) is 20.8 Å². The van der Waals surface area contributed by atoms with Crippen LogP contribution in [0.1, 0.15) is 39.0 Å². The molecule has 110 valence electrons. The van der Waals surface area contributed by atoms with Crippen molar-refractivity contribution in [3.8, 4) is 0 Å². The predicted molar refractivity (Wildman–Crippen MR) is 83.3 cm³/mol. The van der Waals surface area contributed by atoms with E-state index in [1.165, 1.54) is 0 Å². The Morgan fingerprint density at radius 1 is 1.35 bits per heavy atom. The number of nitrogens with one attached hydrogen (secondary N) is 1. The Kier molecular flexibility index (Phi) is 4.74. The van der Waals surface area contributed by atoms with E-state index < -0.39 is 0 Å². The molecule has 20 heavy (non-hydrogen) atoms. The molecule has 0 bridgehead atoms. The lowest BCUT2D eigenvalue weighted by Gasteiger charge is -2.35. The van der Waals surface area contributed by atoms with Crippen LogP contribution in [0.25, 0.3) is 11.0 Å². The lowest BCUT2D eigenvalue weighted by molar-refractivity contribution is -0.0588. The monoisotopic (exact) mass is 295 g/mol. The number of ether oxygens (including phenoxy) is 1. The molecular formula is C16H22ClNO2. The highest BCUT2D eigenvalue weighted by Gasteiger charge is 2.35. The maximum absolute atomic E-state index is 6.03. The van der Waals surface area contributed by atoms with Gasteiger partial charge in [-0.05, 0) is 51.6 Å². The molecular weight excluding hydrogens is 274 g/mol. The van der Waals surface area contributed by atoms with Crippen LogP contribution in [0.2, 0.25) is 5.02 Å². The van der Waals surface area contributed by atoms with E-state index in [2.05, 4.69) is 19.2 Å². The summed E-state index contributed by atoms with van der Waals surface area (Å²) in [5, 5.41) is 5.05. The number of rotatable bonds is 6. The summed E-state index contributed by atoms with van der Waals surface area (Å²) in [6, 6.07) is 7.69. The molecule has 0 saturated heterocycles. The third-order valence-corrected chi connectivity index (χ3v) is 4.09. The second kappa shape index (κ2) is 6.17. The second-order valence-electron chi connectivity index (χ2n) is 5.15. The number of hydrogen-bond donors (Lipinski definition) is 1. The quantitative estimate of drug-likeness (QED) is 0.849. The molecule has 0 saturated carbocycles. The third kappa shape index (κ3) is 2.85. The van der Waals surface area contributed by atoms with Crippen molar-refractivity contribution in [3.05, 3.63) is 35.0 Å². The van der Waals surface area contributed by atoms with E-state index in [1.54, 1.807) is 0 Å². The van der Waals surface area contributed by atoms with Gasteiger partial charge in [-0.15, -0.1) is 0 Å². The Labute approximate surface area is 125 Å². The molecule has 0 aliphatic carbocycles. The van der Waals surface area contributed by atoms with Gasteiger partial charge < -0.3 is 14.5 Å². The summed E-state index contributed by atoms with van der Waals surface area (Å²) in [4.78, 5) is 0. The molecule has 1 heterocycles. The Morgan fingerprint density at radius 3 is 2.70 bits per heavy atom. The number of halogens is 1. The lowest BCUT2D eigenvalue weighted by Crippen LogP contribution is -2.42. The fourth-order valence-corrected chi connectivity index (χ4v) is 2.83. The van der Waals surface area contributed by atoms with Crippen molar-refractivity contribution < 1.29 is 9.15 Å². The van der Waals surface area contributed by atoms with Crippen molar-refractivity contribution in [1.29, 1.82) is 0 Å². The Balaban J connectivity index is 2.43. The van der Waals surface area contributed by atoms with Gasteiger partial charge in [0.05, 0.1) is 11.6 Å². The predicted octanol–water partition coefficient (Wildman–Crippen LogP) is 4.55. The minimum atomic E-state index is -0.304. The Bertz CT molecular complexity index is 581. The van der Waals surface area contributed by atoms with Crippen LogP contribution in [0.5, 0.6) is 0 Å². The van der Waals surface area contributed by atoms with Crippen LogP contribution >= 0.6 is 11.6 Å². The molecule has 2 unspecified atom stereocenters. The van der Waals surface area contributed by atoms with Gasteiger partial charge in [-0.3, -0.25) is 0 Å². The number of fused-ring (bicyclic) bond motifs is 1. The maximum Gasteiger partial charge on any atom is 0.134 e. The minimum Gasteiger partial charge on any atom is -0.459 e. The lowest BCUT2D eigenvalue weighted by atomic mass is 9.91. The van der Waals surface area contributed by atoms with Gasteiger partial charge in [0.2, 0.25) is 0 Å². The van der Waals surface area contributed by atoms with Crippen LogP contribution in [0, 0.1) is 0 Å². The molecule has 4 heteroatoms. The number of benzene rings is 1. The topological polar surface area (TPSA) is 34.4 Å².